The first-order valence-electron chi connectivity index (χ1n) is 8.23. The molecule has 1 fully saturated rings. The van der Waals surface area contributed by atoms with Gasteiger partial charge in [0.2, 0.25) is 0 Å². The fraction of sp³-hybridized carbons (Fsp3) is 0.588. The Labute approximate surface area is 145 Å². The number of phenols is 1. The molecule has 0 bridgehead atoms. The van der Waals surface area contributed by atoms with Crippen LogP contribution in [0.25, 0.3) is 0 Å². The molecule has 0 spiro atoms. The molecular weight excluding hydrogens is 335 g/mol. The summed E-state index contributed by atoms with van der Waals surface area (Å²) in [6.45, 7) is 0.276. The number of guanidine groups is 1. The second-order valence-electron chi connectivity index (χ2n) is 6.17. The third-order valence-corrected chi connectivity index (χ3v) is 4.43. The first-order chi connectivity index (χ1) is 11.8. The lowest BCUT2D eigenvalue weighted by Gasteiger charge is -2.31. The highest BCUT2D eigenvalue weighted by atomic mass is 19.4. The number of hydrogen-bond donors (Lipinski definition) is 3. The summed E-state index contributed by atoms with van der Waals surface area (Å²) in [5.74, 6) is -0.134. The third-order valence-electron chi connectivity index (χ3n) is 4.43. The summed E-state index contributed by atoms with van der Waals surface area (Å²) in [4.78, 5) is 4.06. The SMILES string of the molecule is CN=C(NCc1cc(OC)ccc1O)NC1CCCC(C(F)(F)F)C1. The van der Waals surface area contributed by atoms with E-state index < -0.39 is 12.1 Å². The zero-order chi connectivity index (χ0) is 18.4. The zero-order valence-corrected chi connectivity index (χ0v) is 14.4. The second kappa shape index (κ2) is 8.31. The van der Waals surface area contributed by atoms with Gasteiger partial charge in [0.15, 0.2) is 5.96 Å². The van der Waals surface area contributed by atoms with Gasteiger partial charge in [-0.05, 0) is 37.5 Å². The van der Waals surface area contributed by atoms with Crippen molar-refractivity contribution in [2.75, 3.05) is 14.2 Å². The molecule has 140 valence electrons. The third kappa shape index (κ3) is 5.44. The minimum Gasteiger partial charge on any atom is -0.508 e. The van der Waals surface area contributed by atoms with Crippen LogP contribution in [0.5, 0.6) is 11.5 Å². The number of ether oxygens (including phenoxy) is 1. The number of alkyl halides is 3. The van der Waals surface area contributed by atoms with Crippen molar-refractivity contribution in [3.63, 3.8) is 0 Å². The number of nitrogens with one attached hydrogen (secondary N) is 2. The Kier molecular flexibility index (Phi) is 6.39. The molecule has 0 aromatic heterocycles. The lowest BCUT2D eigenvalue weighted by Crippen LogP contribution is -2.46. The van der Waals surface area contributed by atoms with E-state index in [1.807, 2.05) is 0 Å². The average molecular weight is 359 g/mol. The van der Waals surface area contributed by atoms with Crippen molar-refractivity contribution in [3.05, 3.63) is 23.8 Å². The average Bonchev–Trinajstić information content (AvgIpc) is 2.59. The Morgan fingerprint density at radius 2 is 2.12 bits per heavy atom. The molecule has 3 N–H and O–H groups in total. The summed E-state index contributed by atoms with van der Waals surface area (Å²) in [5.41, 5.74) is 0.610. The Balaban J connectivity index is 1.93. The molecule has 1 aliphatic rings. The molecule has 1 aliphatic carbocycles. The van der Waals surface area contributed by atoms with E-state index in [0.717, 1.165) is 0 Å². The van der Waals surface area contributed by atoms with Crippen LogP contribution in [0.2, 0.25) is 0 Å². The number of nitrogens with zero attached hydrogens (tertiary/aromatic N) is 1. The van der Waals surface area contributed by atoms with Gasteiger partial charge in [-0.2, -0.15) is 13.2 Å². The van der Waals surface area contributed by atoms with Crippen molar-refractivity contribution in [2.24, 2.45) is 10.9 Å². The summed E-state index contributed by atoms with van der Waals surface area (Å²) in [5, 5.41) is 16.0. The molecule has 8 heteroatoms. The van der Waals surface area contributed by atoms with Gasteiger partial charge in [-0.3, -0.25) is 4.99 Å². The molecule has 0 radical (unpaired) electrons. The topological polar surface area (TPSA) is 65.9 Å². The fourth-order valence-electron chi connectivity index (χ4n) is 3.02. The predicted octanol–water partition coefficient (Wildman–Crippen LogP) is 3.19. The molecule has 25 heavy (non-hydrogen) atoms. The van der Waals surface area contributed by atoms with Crippen LogP contribution in [0.1, 0.15) is 31.2 Å². The van der Waals surface area contributed by atoms with Crippen LogP contribution < -0.4 is 15.4 Å². The largest absolute Gasteiger partial charge is 0.508 e. The number of aromatic hydroxyl groups is 1. The number of halogens is 3. The minimum atomic E-state index is -4.15. The van der Waals surface area contributed by atoms with E-state index in [4.69, 9.17) is 4.74 Å². The fourth-order valence-corrected chi connectivity index (χ4v) is 3.02. The van der Waals surface area contributed by atoms with Crippen molar-refractivity contribution in [3.8, 4) is 11.5 Å². The second-order valence-corrected chi connectivity index (χ2v) is 6.17. The van der Waals surface area contributed by atoms with Gasteiger partial charge in [0.25, 0.3) is 0 Å². The van der Waals surface area contributed by atoms with Gasteiger partial charge in [-0.25, -0.2) is 0 Å². The monoisotopic (exact) mass is 359 g/mol. The number of benzene rings is 1. The maximum atomic E-state index is 12.9. The lowest BCUT2D eigenvalue weighted by atomic mass is 9.85. The molecular formula is C17H24F3N3O2. The van der Waals surface area contributed by atoms with Crippen molar-refractivity contribution < 1.29 is 23.0 Å². The molecule has 2 rings (SSSR count). The van der Waals surface area contributed by atoms with Crippen LogP contribution in [-0.4, -0.2) is 37.4 Å². The van der Waals surface area contributed by atoms with Crippen LogP contribution in [0.4, 0.5) is 13.2 Å². The van der Waals surface area contributed by atoms with E-state index in [9.17, 15) is 18.3 Å². The molecule has 1 saturated carbocycles. The maximum Gasteiger partial charge on any atom is 0.391 e. The summed E-state index contributed by atoms with van der Waals surface area (Å²) in [6, 6.07) is 4.59. The lowest BCUT2D eigenvalue weighted by molar-refractivity contribution is -0.183. The van der Waals surface area contributed by atoms with Crippen LogP contribution in [0.3, 0.4) is 0 Å². The molecule has 2 atom stereocenters. The van der Waals surface area contributed by atoms with E-state index in [1.54, 1.807) is 19.2 Å². The van der Waals surface area contributed by atoms with Crippen molar-refractivity contribution in [1.82, 2.24) is 10.6 Å². The summed E-state index contributed by atoms with van der Waals surface area (Å²) >= 11 is 0. The van der Waals surface area contributed by atoms with Gasteiger partial charge < -0.3 is 20.5 Å². The van der Waals surface area contributed by atoms with Crippen LogP contribution in [0, 0.1) is 5.92 Å². The standard InChI is InChI=1S/C17H24F3N3O2/c1-21-16(22-10-11-8-14(25-2)6-7-15(11)24)23-13-5-3-4-12(9-13)17(18,19)20/h6-8,12-13,24H,3-5,9-10H2,1-2H3,(H2,21,22,23). The summed E-state index contributed by atoms with van der Waals surface area (Å²) in [6.07, 6.45) is -2.70. The van der Waals surface area contributed by atoms with Crippen LogP contribution >= 0.6 is 0 Å². The van der Waals surface area contributed by atoms with Gasteiger partial charge in [-0.15, -0.1) is 0 Å². The molecule has 1 aromatic rings. The number of rotatable bonds is 4. The van der Waals surface area contributed by atoms with Gasteiger partial charge in [0, 0.05) is 25.2 Å². The highest BCUT2D eigenvalue weighted by Crippen LogP contribution is 2.37. The van der Waals surface area contributed by atoms with Gasteiger partial charge >= 0.3 is 6.18 Å². The summed E-state index contributed by atoms with van der Waals surface area (Å²) in [7, 11) is 3.09. The minimum absolute atomic E-state index is 0.0502. The van der Waals surface area contributed by atoms with Crippen molar-refractivity contribution in [1.29, 1.82) is 0 Å². The Morgan fingerprint density at radius 1 is 1.36 bits per heavy atom. The summed E-state index contributed by atoms with van der Waals surface area (Å²) < 4.78 is 43.8. The predicted molar refractivity (Wildman–Crippen MR) is 89.8 cm³/mol. The van der Waals surface area contributed by atoms with E-state index in [0.29, 0.717) is 30.1 Å². The van der Waals surface area contributed by atoms with Gasteiger partial charge in [-0.1, -0.05) is 6.42 Å². The van der Waals surface area contributed by atoms with Crippen molar-refractivity contribution >= 4 is 5.96 Å². The normalized spacial score (nSPS) is 21.7. The quantitative estimate of drug-likeness (QED) is 0.571. The highest BCUT2D eigenvalue weighted by Gasteiger charge is 2.42. The number of methoxy groups -OCH3 is 1. The number of phenolic OH excluding ortho intramolecular Hbond substituents is 1. The molecule has 1 aromatic carbocycles. The number of aliphatic imine (C=N–C) groups is 1. The molecule has 5 nitrogen and oxygen atoms in total. The Bertz CT molecular complexity index is 605. The van der Waals surface area contributed by atoms with E-state index in [2.05, 4.69) is 15.6 Å². The molecule has 0 amide bonds. The van der Waals surface area contributed by atoms with Crippen LogP contribution in [-0.2, 0) is 6.54 Å². The van der Waals surface area contributed by atoms with E-state index >= 15 is 0 Å². The van der Waals surface area contributed by atoms with E-state index in [-0.39, 0.29) is 31.2 Å². The first-order valence-corrected chi connectivity index (χ1v) is 8.23. The Morgan fingerprint density at radius 3 is 2.76 bits per heavy atom. The Hall–Kier alpha value is -2.12. The maximum absolute atomic E-state index is 12.9. The first kappa shape index (κ1) is 19.2. The van der Waals surface area contributed by atoms with Crippen LogP contribution in [0.15, 0.2) is 23.2 Å². The molecule has 0 saturated heterocycles. The highest BCUT2D eigenvalue weighted by molar-refractivity contribution is 5.80. The van der Waals surface area contributed by atoms with Gasteiger partial charge in [0.05, 0.1) is 13.0 Å². The molecule has 2 unspecified atom stereocenters. The molecule has 0 heterocycles. The smallest absolute Gasteiger partial charge is 0.391 e. The zero-order valence-electron chi connectivity index (χ0n) is 14.4. The van der Waals surface area contributed by atoms with E-state index in [1.165, 1.54) is 13.2 Å². The number of hydrogen-bond acceptors (Lipinski definition) is 3. The van der Waals surface area contributed by atoms with Crippen molar-refractivity contribution in [2.45, 2.75) is 44.4 Å². The molecule has 0 aliphatic heterocycles. The van der Waals surface area contributed by atoms with Gasteiger partial charge in [0.1, 0.15) is 11.5 Å².